The van der Waals surface area contributed by atoms with Gasteiger partial charge in [-0.3, -0.25) is 9.48 Å². The SMILES string of the molecule is Cc1nn(C)c2nc(-c3cccs3)cc(C(=O)OC(C)C(N)=O)c12. The number of carbonyl (C=O) groups excluding carboxylic acids is 2. The van der Waals surface area contributed by atoms with Crippen LogP contribution in [0.15, 0.2) is 23.6 Å². The first-order chi connectivity index (χ1) is 11.4. The summed E-state index contributed by atoms with van der Waals surface area (Å²) in [5, 5.41) is 6.87. The molecule has 1 atom stereocenters. The molecule has 24 heavy (non-hydrogen) atoms. The van der Waals surface area contributed by atoms with Crippen molar-refractivity contribution in [3.8, 4) is 10.6 Å². The van der Waals surface area contributed by atoms with Crippen LogP contribution in [0.4, 0.5) is 0 Å². The zero-order chi connectivity index (χ0) is 17.4. The molecule has 1 unspecified atom stereocenters. The number of nitrogens with two attached hydrogens (primary N) is 1. The van der Waals surface area contributed by atoms with E-state index >= 15 is 0 Å². The van der Waals surface area contributed by atoms with Crippen molar-refractivity contribution >= 4 is 34.2 Å². The van der Waals surface area contributed by atoms with Gasteiger partial charge in [-0.2, -0.15) is 5.10 Å². The normalized spacial score (nSPS) is 12.3. The van der Waals surface area contributed by atoms with E-state index < -0.39 is 18.0 Å². The number of fused-ring (bicyclic) bond motifs is 1. The molecule has 0 saturated heterocycles. The molecule has 2 N–H and O–H groups in total. The molecule has 0 bridgehead atoms. The first-order valence-corrected chi connectivity index (χ1v) is 8.15. The number of nitrogens with zero attached hydrogens (tertiary/aromatic N) is 3. The van der Waals surface area contributed by atoms with E-state index in [1.807, 2.05) is 17.5 Å². The van der Waals surface area contributed by atoms with E-state index in [1.54, 1.807) is 24.7 Å². The molecule has 3 aromatic heterocycles. The zero-order valence-electron chi connectivity index (χ0n) is 13.4. The fourth-order valence-electron chi connectivity index (χ4n) is 2.44. The van der Waals surface area contributed by atoms with Crippen LogP contribution in [0.5, 0.6) is 0 Å². The maximum atomic E-state index is 12.6. The number of thiophene rings is 1. The maximum Gasteiger partial charge on any atom is 0.339 e. The highest BCUT2D eigenvalue weighted by molar-refractivity contribution is 7.13. The predicted molar refractivity (Wildman–Crippen MR) is 90.6 cm³/mol. The Morgan fingerprint density at radius 3 is 2.79 bits per heavy atom. The summed E-state index contributed by atoms with van der Waals surface area (Å²) in [5.74, 6) is -1.32. The van der Waals surface area contributed by atoms with Gasteiger partial charge < -0.3 is 10.5 Å². The minimum atomic E-state index is -1.01. The van der Waals surface area contributed by atoms with E-state index in [1.165, 1.54) is 18.3 Å². The van der Waals surface area contributed by atoms with Crippen molar-refractivity contribution in [3.63, 3.8) is 0 Å². The Bertz CT molecular complexity index is 931. The van der Waals surface area contributed by atoms with Crippen LogP contribution < -0.4 is 5.73 Å². The average Bonchev–Trinajstić information content (AvgIpc) is 3.15. The second-order valence-electron chi connectivity index (χ2n) is 5.39. The molecular formula is C16H16N4O3S. The first kappa shape index (κ1) is 16.1. The number of primary amides is 1. The van der Waals surface area contributed by atoms with E-state index in [0.717, 1.165) is 4.88 Å². The van der Waals surface area contributed by atoms with Gasteiger partial charge >= 0.3 is 5.97 Å². The summed E-state index contributed by atoms with van der Waals surface area (Å²) in [5.41, 5.74) is 7.39. The van der Waals surface area contributed by atoms with Crippen LogP contribution in [0, 0.1) is 6.92 Å². The highest BCUT2D eigenvalue weighted by Crippen LogP contribution is 2.29. The molecular weight excluding hydrogens is 328 g/mol. The number of carbonyl (C=O) groups is 2. The number of aromatic nitrogens is 3. The molecule has 3 rings (SSSR count). The minimum absolute atomic E-state index is 0.321. The molecule has 0 aliphatic heterocycles. The molecule has 8 heteroatoms. The Hall–Kier alpha value is -2.74. The number of hydrogen-bond donors (Lipinski definition) is 1. The molecule has 0 aliphatic rings. The Kier molecular flexibility index (Phi) is 4.06. The lowest BCUT2D eigenvalue weighted by molar-refractivity contribution is -0.125. The number of pyridine rings is 1. The van der Waals surface area contributed by atoms with Gasteiger partial charge in [-0.1, -0.05) is 6.07 Å². The Balaban J connectivity index is 2.17. The molecule has 1 amide bonds. The summed E-state index contributed by atoms with van der Waals surface area (Å²) >= 11 is 1.52. The standard InChI is InChI=1S/C16H16N4O3S/c1-8-13-10(16(22)23-9(2)14(17)21)7-11(12-5-4-6-24-12)18-15(13)20(3)19-8/h4-7,9H,1-3H3,(H2,17,21). The molecule has 124 valence electrons. The second kappa shape index (κ2) is 6.04. The number of amides is 1. The van der Waals surface area contributed by atoms with Crippen LogP contribution in [0.3, 0.4) is 0 Å². The molecule has 0 spiro atoms. The van der Waals surface area contributed by atoms with Gasteiger partial charge in [0.2, 0.25) is 0 Å². The minimum Gasteiger partial charge on any atom is -0.449 e. The molecule has 0 fully saturated rings. The van der Waals surface area contributed by atoms with E-state index in [4.69, 9.17) is 10.5 Å². The topological polar surface area (TPSA) is 100 Å². The van der Waals surface area contributed by atoms with Crippen molar-refractivity contribution in [1.29, 1.82) is 0 Å². The lowest BCUT2D eigenvalue weighted by Crippen LogP contribution is -2.30. The highest BCUT2D eigenvalue weighted by Gasteiger charge is 2.23. The smallest absolute Gasteiger partial charge is 0.339 e. The average molecular weight is 344 g/mol. The number of aryl methyl sites for hydroxylation is 2. The van der Waals surface area contributed by atoms with E-state index in [0.29, 0.717) is 28.0 Å². The van der Waals surface area contributed by atoms with E-state index in [9.17, 15) is 9.59 Å². The van der Waals surface area contributed by atoms with Crippen LogP contribution in [-0.4, -0.2) is 32.7 Å². The Labute approximate surface area is 142 Å². The van der Waals surface area contributed by atoms with Gasteiger partial charge in [0.1, 0.15) is 0 Å². The van der Waals surface area contributed by atoms with Gasteiger partial charge in [-0.15, -0.1) is 11.3 Å². The molecule has 3 aromatic rings. The molecule has 3 heterocycles. The van der Waals surface area contributed by atoms with Crippen LogP contribution in [-0.2, 0) is 16.6 Å². The van der Waals surface area contributed by atoms with Crippen LogP contribution in [0.1, 0.15) is 23.0 Å². The summed E-state index contributed by atoms with van der Waals surface area (Å²) in [4.78, 5) is 29.3. The van der Waals surface area contributed by atoms with Gasteiger partial charge in [0, 0.05) is 7.05 Å². The van der Waals surface area contributed by atoms with Crippen LogP contribution in [0.2, 0.25) is 0 Å². The van der Waals surface area contributed by atoms with Crippen molar-refractivity contribution in [2.45, 2.75) is 20.0 Å². The quantitative estimate of drug-likeness (QED) is 0.730. The summed E-state index contributed by atoms with van der Waals surface area (Å²) in [6, 6.07) is 5.50. The van der Waals surface area contributed by atoms with Gasteiger partial charge in [-0.25, -0.2) is 9.78 Å². The third kappa shape index (κ3) is 2.76. The fourth-order valence-corrected chi connectivity index (χ4v) is 3.12. The van der Waals surface area contributed by atoms with Crippen molar-refractivity contribution in [2.24, 2.45) is 12.8 Å². The van der Waals surface area contributed by atoms with Gasteiger partial charge in [0.25, 0.3) is 5.91 Å². The number of hydrogen-bond acceptors (Lipinski definition) is 6. The molecule has 0 aromatic carbocycles. The molecule has 0 radical (unpaired) electrons. The van der Waals surface area contributed by atoms with E-state index in [2.05, 4.69) is 10.1 Å². The number of ether oxygens (including phenoxy) is 1. The van der Waals surface area contributed by atoms with Gasteiger partial charge in [-0.05, 0) is 31.4 Å². The number of esters is 1. The fraction of sp³-hybridized carbons (Fsp3) is 0.250. The van der Waals surface area contributed by atoms with Crippen molar-refractivity contribution in [2.75, 3.05) is 0 Å². The molecule has 7 nitrogen and oxygen atoms in total. The third-order valence-corrected chi connectivity index (χ3v) is 4.54. The van der Waals surface area contributed by atoms with Gasteiger partial charge in [0.05, 0.1) is 27.2 Å². The van der Waals surface area contributed by atoms with Crippen molar-refractivity contribution in [3.05, 3.63) is 34.8 Å². The van der Waals surface area contributed by atoms with E-state index in [-0.39, 0.29) is 0 Å². The van der Waals surface area contributed by atoms with Gasteiger partial charge in [0.15, 0.2) is 11.8 Å². The monoisotopic (exact) mass is 344 g/mol. The molecule has 0 saturated carbocycles. The first-order valence-electron chi connectivity index (χ1n) is 7.27. The van der Waals surface area contributed by atoms with Crippen LogP contribution in [0.25, 0.3) is 21.6 Å². The summed E-state index contributed by atoms with van der Waals surface area (Å²) < 4.78 is 6.79. The number of rotatable bonds is 4. The maximum absolute atomic E-state index is 12.6. The summed E-state index contributed by atoms with van der Waals surface area (Å²) in [6.45, 7) is 3.23. The largest absolute Gasteiger partial charge is 0.449 e. The lowest BCUT2D eigenvalue weighted by atomic mass is 10.1. The summed E-state index contributed by atoms with van der Waals surface area (Å²) in [7, 11) is 1.77. The molecule has 0 aliphatic carbocycles. The lowest BCUT2D eigenvalue weighted by Gasteiger charge is -2.11. The predicted octanol–water partition coefficient (Wildman–Crippen LogP) is 2.04. The Morgan fingerprint density at radius 1 is 1.42 bits per heavy atom. The zero-order valence-corrected chi connectivity index (χ0v) is 14.3. The van der Waals surface area contributed by atoms with Crippen molar-refractivity contribution in [1.82, 2.24) is 14.8 Å². The third-order valence-electron chi connectivity index (χ3n) is 3.65. The Morgan fingerprint density at radius 2 is 2.17 bits per heavy atom. The van der Waals surface area contributed by atoms with Crippen molar-refractivity contribution < 1.29 is 14.3 Å². The van der Waals surface area contributed by atoms with Crippen LogP contribution >= 0.6 is 11.3 Å². The highest BCUT2D eigenvalue weighted by atomic mass is 32.1. The second-order valence-corrected chi connectivity index (χ2v) is 6.34. The summed E-state index contributed by atoms with van der Waals surface area (Å²) in [6.07, 6.45) is -1.01.